The molecule has 0 bridgehead atoms. The van der Waals surface area contributed by atoms with Gasteiger partial charge in [-0.25, -0.2) is 9.37 Å². The Bertz CT molecular complexity index is 1080. The highest BCUT2D eigenvalue weighted by molar-refractivity contribution is 6.30. The Labute approximate surface area is 172 Å². The molecular weight excluding hydrogens is 391 g/mol. The van der Waals surface area contributed by atoms with E-state index in [0.717, 1.165) is 60.7 Å². The second-order valence-corrected chi connectivity index (χ2v) is 8.92. The number of hydrogen-bond acceptors (Lipinski definition) is 5. The zero-order valence-corrected chi connectivity index (χ0v) is 16.5. The largest absolute Gasteiger partial charge is 0.355 e. The monoisotopic (exact) mass is 410 g/mol. The highest BCUT2D eigenvalue weighted by atomic mass is 35.5. The molecule has 1 saturated heterocycles. The summed E-state index contributed by atoms with van der Waals surface area (Å²) >= 11 is 6.21. The number of halogens is 2. The fraction of sp³-hybridized carbons (Fsp3) is 0.381. The van der Waals surface area contributed by atoms with E-state index in [0.29, 0.717) is 17.9 Å². The normalized spacial score (nSPS) is 19.9. The molecule has 6 rings (SSSR count). The Hall–Kier alpha value is -2.51. The van der Waals surface area contributed by atoms with Crippen LogP contribution in [-0.4, -0.2) is 32.8 Å². The number of benzene rings is 1. The van der Waals surface area contributed by atoms with Crippen LogP contribution >= 0.6 is 11.6 Å². The van der Waals surface area contributed by atoms with Crippen molar-refractivity contribution in [3.63, 3.8) is 0 Å². The van der Waals surface area contributed by atoms with Gasteiger partial charge in [0.1, 0.15) is 17.5 Å². The van der Waals surface area contributed by atoms with Crippen LogP contribution in [0.5, 0.6) is 0 Å². The van der Waals surface area contributed by atoms with Gasteiger partial charge in [-0.05, 0) is 48.7 Å². The Kier molecular flexibility index (Phi) is 3.74. The van der Waals surface area contributed by atoms with Crippen molar-refractivity contribution in [3.8, 4) is 5.69 Å². The maximum absolute atomic E-state index is 13.1. The first-order chi connectivity index (χ1) is 14.1. The number of nitrogens with one attached hydrogen (secondary N) is 1. The summed E-state index contributed by atoms with van der Waals surface area (Å²) in [6.45, 7) is 3.40. The Balaban J connectivity index is 1.22. The van der Waals surface area contributed by atoms with Crippen LogP contribution in [0.1, 0.15) is 36.0 Å². The lowest BCUT2D eigenvalue weighted by Crippen LogP contribution is -2.62. The maximum atomic E-state index is 13.1. The first-order valence-electron chi connectivity index (χ1n) is 9.90. The van der Waals surface area contributed by atoms with Crippen LogP contribution in [0.2, 0.25) is 5.02 Å². The lowest BCUT2D eigenvalue weighted by atomic mass is 9.57. The fourth-order valence-corrected chi connectivity index (χ4v) is 5.30. The molecule has 1 saturated carbocycles. The Morgan fingerprint density at radius 2 is 1.97 bits per heavy atom. The molecule has 29 heavy (non-hydrogen) atoms. The van der Waals surface area contributed by atoms with Gasteiger partial charge in [-0.15, -0.1) is 10.2 Å². The minimum atomic E-state index is -0.295. The van der Waals surface area contributed by atoms with Crippen LogP contribution in [0.4, 0.5) is 10.2 Å². The van der Waals surface area contributed by atoms with Crippen molar-refractivity contribution in [1.29, 1.82) is 0 Å². The van der Waals surface area contributed by atoms with Crippen LogP contribution in [-0.2, 0) is 13.1 Å². The van der Waals surface area contributed by atoms with Crippen molar-refractivity contribution in [2.24, 2.45) is 5.41 Å². The Morgan fingerprint density at radius 3 is 2.76 bits per heavy atom. The van der Waals surface area contributed by atoms with Crippen LogP contribution in [0.3, 0.4) is 0 Å². The minimum absolute atomic E-state index is 0.295. The summed E-state index contributed by atoms with van der Waals surface area (Å²) in [4.78, 5) is 6.42. The number of pyridine rings is 1. The lowest BCUT2D eigenvalue weighted by molar-refractivity contribution is 0.0581. The van der Waals surface area contributed by atoms with Crippen molar-refractivity contribution in [1.82, 2.24) is 25.1 Å². The molecule has 2 aromatic heterocycles. The van der Waals surface area contributed by atoms with Gasteiger partial charge in [0.25, 0.3) is 0 Å². The summed E-state index contributed by atoms with van der Waals surface area (Å²) in [5.41, 5.74) is 2.61. The van der Waals surface area contributed by atoms with E-state index in [-0.39, 0.29) is 5.82 Å². The van der Waals surface area contributed by atoms with E-state index in [2.05, 4.69) is 36.0 Å². The van der Waals surface area contributed by atoms with Gasteiger partial charge >= 0.3 is 0 Å². The van der Waals surface area contributed by atoms with Gasteiger partial charge in [-0.1, -0.05) is 11.6 Å². The fourth-order valence-electron chi connectivity index (χ4n) is 5.10. The molecule has 3 aromatic rings. The molecule has 6 nitrogen and oxygen atoms in total. The van der Waals surface area contributed by atoms with E-state index in [1.54, 1.807) is 6.07 Å². The molecule has 1 aliphatic carbocycles. The van der Waals surface area contributed by atoms with Crippen LogP contribution in [0, 0.1) is 11.2 Å². The molecule has 148 valence electrons. The average molecular weight is 411 g/mol. The van der Waals surface area contributed by atoms with Gasteiger partial charge in [0.15, 0.2) is 5.82 Å². The molecule has 1 N–H and O–H groups in total. The molecular formula is C21H20ClFN6. The SMILES string of the molecule is Fc1ccc(N2CC3(CC(c4nnc5n4-c4ccc(Cl)cc4CNC5)C3)C2)nc1. The number of anilines is 1. The zero-order valence-electron chi connectivity index (χ0n) is 15.8. The van der Waals surface area contributed by atoms with Crippen molar-refractivity contribution >= 4 is 17.4 Å². The van der Waals surface area contributed by atoms with Gasteiger partial charge in [-0.3, -0.25) is 4.57 Å². The lowest BCUT2D eigenvalue weighted by Gasteiger charge is -2.59. The average Bonchev–Trinajstić information content (AvgIpc) is 2.96. The van der Waals surface area contributed by atoms with Crippen molar-refractivity contribution in [3.05, 3.63) is 64.6 Å². The van der Waals surface area contributed by atoms with Gasteiger partial charge in [0.2, 0.25) is 0 Å². The predicted octanol–water partition coefficient (Wildman–Crippen LogP) is 3.44. The summed E-state index contributed by atoms with van der Waals surface area (Å²) in [5, 5.41) is 13.2. The minimum Gasteiger partial charge on any atom is -0.355 e. The van der Waals surface area contributed by atoms with E-state index < -0.39 is 0 Å². The molecule has 2 fully saturated rings. The quantitative estimate of drug-likeness (QED) is 0.701. The predicted molar refractivity (Wildman–Crippen MR) is 108 cm³/mol. The summed E-state index contributed by atoms with van der Waals surface area (Å²) in [7, 11) is 0. The molecule has 4 heterocycles. The van der Waals surface area contributed by atoms with Gasteiger partial charge in [0, 0.05) is 36.0 Å². The van der Waals surface area contributed by atoms with E-state index in [4.69, 9.17) is 11.6 Å². The molecule has 1 spiro atoms. The zero-order chi connectivity index (χ0) is 19.6. The smallest absolute Gasteiger partial charge is 0.151 e. The van der Waals surface area contributed by atoms with E-state index in [1.165, 1.54) is 17.8 Å². The molecule has 0 radical (unpaired) electrons. The Morgan fingerprint density at radius 1 is 1.10 bits per heavy atom. The number of fused-ring (bicyclic) bond motifs is 3. The molecule has 0 amide bonds. The number of hydrogen-bond donors (Lipinski definition) is 1. The summed E-state index contributed by atoms with van der Waals surface area (Å²) < 4.78 is 15.3. The molecule has 0 atom stereocenters. The van der Waals surface area contributed by atoms with E-state index >= 15 is 0 Å². The highest BCUT2D eigenvalue weighted by Crippen LogP contribution is 2.56. The maximum Gasteiger partial charge on any atom is 0.151 e. The molecule has 8 heteroatoms. The van der Waals surface area contributed by atoms with E-state index in [1.807, 2.05) is 12.1 Å². The summed E-state index contributed by atoms with van der Waals surface area (Å²) in [6.07, 6.45) is 3.48. The van der Waals surface area contributed by atoms with Gasteiger partial charge in [0.05, 0.1) is 18.4 Å². The second-order valence-electron chi connectivity index (χ2n) is 8.48. The number of rotatable bonds is 2. The highest BCUT2D eigenvalue weighted by Gasteiger charge is 2.54. The van der Waals surface area contributed by atoms with E-state index in [9.17, 15) is 4.39 Å². The third kappa shape index (κ3) is 2.75. The summed E-state index contributed by atoms with van der Waals surface area (Å²) in [5.74, 6) is 2.97. The molecule has 1 aromatic carbocycles. The second kappa shape index (κ2) is 6.24. The van der Waals surface area contributed by atoms with Crippen LogP contribution < -0.4 is 10.2 Å². The standard InChI is InChI=1S/C21H20ClFN6/c22-15-1-3-17-13(5-15)8-24-10-19-26-27-20(29(17)19)14-6-21(7-14)11-28(12-21)18-4-2-16(23)9-25-18/h1-5,9,14,24H,6-8,10-12H2. The molecule has 3 aliphatic rings. The number of nitrogens with zero attached hydrogens (tertiary/aromatic N) is 5. The topological polar surface area (TPSA) is 58.9 Å². The van der Waals surface area contributed by atoms with Crippen molar-refractivity contribution < 1.29 is 4.39 Å². The molecule has 0 unspecified atom stereocenters. The van der Waals surface area contributed by atoms with Crippen LogP contribution in [0.15, 0.2) is 36.5 Å². The van der Waals surface area contributed by atoms with Crippen molar-refractivity contribution in [2.75, 3.05) is 18.0 Å². The number of aromatic nitrogens is 4. The molecule has 2 aliphatic heterocycles. The third-order valence-electron chi connectivity index (χ3n) is 6.45. The van der Waals surface area contributed by atoms with Crippen molar-refractivity contribution in [2.45, 2.75) is 31.8 Å². The first kappa shape index (κ1) is 17.4. The van der Waals surface area contributed by atoms with Gasteiger partial charge in [-0.2, -0.15) is 0 Å². The summed E-state index contributed by atoms with van der Waals surface area (Å²) in [6, 6.07) is 9.25. The van der Waals surface area contributed by atoms with Crippen LogP contribution in [0.25, 0.3) is 5.69 Å². The third-order valence-corrected chi connectivity index (χ3v) is 6.68. The van der Waals surface area contributed by atoms with Gasteiger partial charge < -0.3 is 10.2 Å². The first-order valence-corrected chi connectivity index (χ1v) is 10.3.